The monoisotopic (exact) mass is 333 g/mol. The van der Waals surface area contributed by atoms with E-state index in [0.717, 1.165) is 22.9 Å². The summed E-state index contributed by atoms with van der Waals surface area (Å²) in [5, 5.41) is 11.3. The van der Waals surface area contributed by atoms with Crippen LogP contribution in [0.15, 0.2) is 22.7 Å². The van der Waals surface area contributed by atoms with Gasteiger partial charge in [0, 0.05) is 29.6 Å². The highest BCUT2D eigenvalue weighted by Crippen LogP contribution is 2.42. The first-order valence-electron chi connectivity index (χ1n) is 6.00. The molecule has 0 bridgehead atoms. The molecule has 1 saturated heterocycles. The zero-order chi connectivity index (χ0) is 13.2. The Labute approximate surface area is 120 Å². The van der Waals surface area contributed by atoms with Crippen LogP contribution in [-0.4, -0.2) is 24.9 Å². The van der Waals surface area contributed by atoms with E-state index in [9.17, 15) is 5.11 Å². The fraction of sp³-hybridized carbons (Fsp3) is 0.538. The molecule has 1 heterocycles. The summed E-state index contributed by atoms with van der Waals surface area (Å²) in [5.74, 6) is 0. The molecule has 0 spiro atoms. The fourth-order valence-electron chi connectivity index (χ4n) is 2.40. The molecule has 2 rings (SSSR count). The van der Waals surface area contributed by atoms with Crippen molar-refractivity contribution < 1.29 is 9.84 Å². The molecule has 1 aliphatic heterocycles. The van der Waals surface area contributed by atoms with Crippen LogP contribution in [0.5, 0.6) is 0 Å². The number of rotatable bonds is 3. The Morgan fingerprint density at radius 1 is 1.44 bits per heavy atom. The SMILES string of the molecule is NCC1(C(O)c2ccc(Cl)c(Br)c2)CCOCC1. The van der Waals surface area contributed by atoms with Crippen LogP contribution < -0.4 is 5.73 Å². The number of hydrogen-bond donors (Lipinski definition) is 2. The highest BCUT2D eigenvalue weighted by molar-refractivity contribution is 9.10. The fourth-order valence-corrected chi connectivity index (χ4v) is 2.92. The maximum atomic E-state index is 10.6. The Kier molecular flexibility index (Phi) is 4.67. The van der Waals surface area contributed by atoms with Gasteiger partial charge in [0.1, 0.15) is 0 Å². The van der Waals surface area contributed by atoms with Crippen LogP contribution in [-0.2, 0) is 4.74 Å². The van der Waals surface area contributed by atoms with Gasteiger partial charge in [-0.1, -0.05) is 17.7 Å². The van der Waals surface area contributed by atoms with Crippen molar-refractivity contribution in [3.05, 3.63) is 33.3 Å². The normalized spacial score (nSPS) is 20.7. The van der Waals surface area contributed by atoms with E-state index in [2.05, 4.69) is 15.9 Å². The Hall–Kier alpha value is -0.130. The molecule has 0 amide bonds. The van der Waals surface area contributed by atoms with Crippen molar-refractivity contribution in [1.82, 2.24) is 0 Å². The second-order valence-electron chi connectivity index (χ2n) is 4.75. The minimum Gasteiger partial charge on any atom is -0.388 e. The average Bonchev–Trinajstić information content (AvgIpc) is 2.42. The number of aliphatic hydroxyl groups excluding tert-OH is 1. The van der Waals surface area contributed by atoms with Gasteiger partial charge < -0.3 is 15.6 Å². The zero-order valence-electron chi connectivity index (χ0n) is 10.0. The highest BCUT2D eigenvalue weighted by atomic mass is 79.9. The van der Waals surface area contributed by atoms with Gasteiger partial charge in [-0.05, 0) is 46.5 Å². The molecule has 3 N–H and O–H groups in total. The van der Waals surface area contributed by atoms with Crippen molar-refractivity contribution in [2.45, 2.75) is 18.9 Å². The van der Waals surface area contributed by atoms with E-state index in [-0.39, 0.29) is 5.41 Å². The summed E-state index contributed by atoms with van der Waals surface area (Å²) in [6.07, 6.45) is 0.982. The van der Waals surface area contributed by atoms with Crippen LogP contribution >= 0.6 is 27.5 Å². The third-order valence-electron chi connectivity index (χ3n) is 3.73. The summed E-state index contributed by atoms with van der Waals surface area (Å²) in [4.78, 5) is 0. The van der Waals surface area contributed by atoms with E-state index in [1.807, 2.05) is 12.1 Å². The minimum atomic E-state index is -0.583. The van der Waals surface area contributed by atoms with Crippen molar-refractivity contribution in [3.63, 3.8) is 0 Å². The second-order valence-corrected chi connectivity index (χ2v) is 6.02. The average molecular weight is 335 g/mol. The molecular weight excluding hydrogens is 318 g/mol. The molecule has 1 fully saturated rings. The molecule has 0 aromatic heterocycles. The van der Waals surface area contributed by atoms with Crippen molar-refractivity contribution in [2.24, 2.45) is 11.1 Å². The predicted octanol–water partition coefficient (Wildman–Crippen LogP) is 2.89. The first-order valence-corrected chi connectivity index (χ1v) is 7.17. The summed E-state index contributed by atoms with van der Waals surface area (Å²) >= 11 is 9.35. The quantitative estimate of drug-likeness (QED) is 0.893. The van der Waals surface area contributed by atoms with Crippen LogP contribution in [0.3, 0.4) is 0 Å². The molecule has 1 unspecified atom stereocenters. The Morgan fingerprint density at radius 3 is 2.67 bits per heavy atom. The molecule has 1 aliphatic rings. The lowest BCUT2D eigenvalue weighted by molar-refractivity contribution is -0.0581. The Balaban J connectivity index is 2.27. The first-order chi connectivity index (χ1) is 8.59. The van der Waals surface area contributed by atoms with Crippen LogP contribution in [0.1, 0.15) is 24.5 Å². The van der Waals surface area contributed by atoms with Gasteiger partial charge in [-0.15, -0.1) is 0 Å². The third-order valence-corrected chi connectivity index (χ3v) is 4.95. The van der Waals surface area contributed by atoms with Gasteiger partial charge in [0.15, 0.2) is 0 Å². The Bertz CT molecular complexity index is 421. The summed E-state index contributed by atoms with van der Waals surface area (Å²) in [6, 6.07) is 5.50. The van der Waals surface area contributed by atoms with Gasteiger partial charge >= 0.3 is 0 Å². The van der Waals surface area contributed by atoms with E-state index in [4.69, 9.17) is 22.1 Å². The van der Waals surface area contributed by atoms with Crippen molar-refractivity contribution in [1.29, 1.82) is 0 Å². The second kappa shape index (κ2) is 5.88. The lowest BCUT2D eigenvalue weighted by atomic mass is 9.73. The number of nitrogens with two attached hydrogens (primary N) is 1. The van der Waals surface area contributed by atoms with Gasteiger partial charge in [-0.25, -0.2) is 0 Å². The number of benzene rings is 1. The van der Waals surface area contributed by atoms with Crippen LogP contribution in [0.2, 0.25) is 5.02 Å². The predicted molar refractivity (Wildman–Crippen MR) is 75.7 cm³/mol. The lowest BCUT2D eigenvalue weighted by Gasteiger charge is -2.40. The van der Waals surface area contributed by atoms with Crippen molar-refractivity contribution >= 4 is 27.5 Å². The molecule has 0 radical (unpaired) electrons. The van der Waals surface area contributed by atoms with Crippen LogP contribution in [0, 0.1) is 5.41 Å². The first kappa shape index (κ1) is 14.3. The smallest absolute Gasteiger partial charge is 0.0860 e. The number of ether oxygens (including phenoxy) is 1. The van der Waals surface area contributed by atoms with Gasteiger partial charge in [0.2, 0.25) is 0 Å². The topological polar surface area (TPSA) is 55.5 Å². The van der Waals surface area contributed by atoms with E-state index in [0.29, 0.717) is 24.8 Å². The van der Waals surface area contributed by atoms with Gasteiger partial charge in [-0.2, -0.15) is 0 Å². The molecule has 5 heteroatoms. The van der Waals surface area contributed by atoms with Crippen LogP contribution in [0.25, 0.3) is 0 Å². The lowest BCUT2D eigenvalue weighted by Crippen LogP contribution is -2.41. The summed E-state index contributed by atoms with van der Waals surface area (Å²) in [7, 11) is 0. The van der Waals surface area contributed by atoms with Gasteiger partial charge in [0.25, 0.3) is 0 Å². The molecule has 0 saturated carbocycles. The largest absolute Gasteiger partial charge is 0.388 e. The van der Waals surface area contributed by atoms with Crippen LogP contribution in [0.4, 0.5) is 0 Å². The van der Waals surface area contributed by atoms with E-state index >= 15 is 0 Å². The van der Waals surface area contributed by atoms with E-state index in [1.165, 1.54) is 0 Å². The summed E-state index contributed by atoms with van der Waals surface area (Å²) in [6.45, 7) is 1.77. The van der Waals surface area contributed by atoms with E-state index in [1.54, 1.807) is 6.07 Å². The molecule has 1 aromatic carbocycles. The molecule has 1 aromatic rings. The zero-order valence-corrected chi connectivity index (χ0v) is 12.4. The maximum Gasteiger partial charge on any atom is 0.0860 e. The maximum absolute atomic E-state index is 10.6. The molecule has 0 aliphatic carbocycles. The highest BCUT2D eigenvalue weighted by Gasteiger charge is 2.39. The molecule has 1 atom stereocenters. The summed E-state index contributed by atoms with van der Waals surface area (Å²) in [5.41, 5.74) is 6.45. The summed E-state index contributed by atoms with van der Waals surface area (Å²) < 4.78 is 6.15. The molecule has 3 nitrogen and oxygen atoms in total. The van der Waals surface area contributed by atoms with Crippen molar-refractivity contribution in [3.8, 4) is 0 Å². The number of halogens is 2. The van der Waals surface area contributed by atoms with Crippen molar-refractivity contribution in [2.75, 3.05) is 19.8 Å². The standard InChI is InChI=1S/C13H17BrClNO2/c14-10-7-9(1-2-11(10)15)12(17)13(8-16)3-5-18-6-4-13/h1-2,7,12,17H,3-6,8,16H2. The van der Waals surface area contributed by atoms with Gasteiger partial charge in [-0.3, -0.25) is 0 Å². The van der Waals surface area contributed by atoms with Gasteiger partial charge in [0.05, 0.1) is 11.1 Å². The Morgan fingerprint density at radius 2 is 2.11 bits per heavy atom. The molecular formula is C13H17BrClNO2. The molecule has 100 valence electrons. The number of hydrogen-bond acceptors (Lipinski definition) is 3. The third kappa shape index (κ3) is 2.73. The number of aliphatic hydroxyl groups is 1. The minimum absolute atomic E-state index is 0.286. The molecule has 18 heavy (non-hydrogen) atoms. The van der Waals surface area contributed by atoms with E-state index < -0.39 is 6.10 Å².